The first-order chi connectivity index (χ1) is 13.6. The number of aryl methyl sites for hydroxylation is 1. The summed E-state index contributed by atoms with van der Waals surface area (Å²) >= 11 is 22.8. The van der Waals surface area contributed by atoms with Crippen molar-refractivity contribution in [1.29, 1.82) is 0 Å². The van der Waals surface area contributed by atoms with Crippen molar-refractivity contribution < 1.29 is 29.3 Å². The summed E-state index contributed by atoms with van der Waals surface area (Å²) in [6.07, 6.45) is 0. The van der Waals surface area contributed by atoms with Gasteiger partial charge >= 0.3 is 11.9 Å². The molecule has 0 radical (unpaired) electrons. The highest BCUT2D eigenvalue weighted by Crippen LogP contribution is 2.33. The quantitative estimate of drug-likeness (QED) is 0.450. The second-order valence-electron chi connectivity index (χ2n) is 5.18. The molecule has 0 saturated heterocycles. The van der Waals surface area contributed by atoms with Crippen molar-refractivity contribution in [2.75, 3.05) is 13.2 Å². The number of hydrogen-bond donors (Lipinski definition) is 2. The monoisotopic (exact) mass is 478 g/mol. The van der Waals surface area contributed by atoms with Crippen LogP contribution < -0.4 is 9.47 Å². The van der Waals surface area contributed by atoms with Gasteiger partial charge in [-0.05, 0) is 42.7 Å². The zero-order valence-electron chi connectivity index (χ0n) is 14.8. The Bertz CT molecular complexity index is 950. The molecule has 0 aliphatic rings. The Hall–Kier alpha value is -2.30. The Labute approximate surface area is 186 Å². The lowest BCUT2D eigenvalue weighted by Gasteiger charge is -2.06. The summed E-state index contributed by atoms with van der Waals surface area (Å²) < 4.78 is 10.1. The van der Waals surface area contributed by atoms with Crippen molar-refractivity contribution >= 4 is 58.3 Å². The Morgan fingerprint density at radius 1 is 0.931 bits per heavy atom. The SMILES string of the molecule is Cc1cc(Cl)ccc1OCC#CC(=O)O.O=C(O)COc1cc(Cl)c(Cl)cc1Cl. The normalized spacial score (nSPS) is 9.41. The van der Waals surface area contributed by atoms with Gasteiger partial charge in [-0.2, -0.15) is 0 Å². The molecule has 154 valence electrons. The van der Waals surface area contributed by atoms with Gasteiger partial charge in [0.25, 0.3) is 0 Å². The van der Waals surface area contributed by atoms with E-state index in [0.717, 1.165) is 5.56 Å². The van der Waals surface area contributed by atoms with Gasteiger partial charge in [0, 0.05) is 17.0 Å². The molecule has 0 atom stereocenters. The fraction of sp³-hybridized carbons (Fsp3) is 0.158. The van der Waals surface area contributed by atoms with Gasteiger partial charge in [0.05, 0.1) is 15.1 Å². The van der Waals surface area contributed by atoms with E-state index in [1.54, 1.807) is 18.2 Å². The van der Waals surface area contributed by atoms with Gasteiger partial charge in [-0.25, -0.2) is 9.59 Å². The molecule has 29 heavy (non-hydrogen) atoms. The predicted molar refractivity (Wildman–Crippen MR) is 112 cm³/mol. The molecule has 2 N–H and O–H groups in total. The van der Waals surface area contributed by atoms with Crippen LogP contribution in [0.1, 0.15) is 5.56 Å². The highest BCUT2D eigenvalue weighted by Gasteiger charge is 2.08. The van der Waals surface area contributed by atoms with Crippen LogP contribution in [0.25, 0.3) is 0 Å². The van der Waals surface area contributed by atoms with E-state index in [9.17, 15) is 9.59 Å². The minimum absolute atomic E-state index is 0.0504. The summed E-state index contributed by atoms with van der Waals surface area (Å²) in [5.74, 6) is 2.93. The molecule has 6 nitrogen and oxygen atoms in total. The van der Waals surface area contributed by atoms with Crippen molar-refractivity contribution in [1.82, 2.24) is 0 Å². The summed E-state index contributed by atoms with van der Waals surface area (Å²) in [5, 5.41) is 18.0. The van der Waals surface area contributed by atoms with Crippen LogP contribution in [0, 0.1) is 18.8 Å². The van der Waals surface area contributed by atoms with Gasteiger partial charge in [-0.1, -0.05) is 46.4 Å². The molecule has 10 heteroatoms. The van der Waals surface area contributed by atoms with Crippen LogP contribution in [0.5, 0.6) is 11.5 Å². The highest BCUT2D eigenvalue weighted by molar-refractivity contribution is 6.43. The first-order valence-corrected chi connectivity index (χ1v) is 9.21. The molecule has 0 saturated carbocycles. The molecule has 0 fully saturated rings. The lowest BCUT2D eigenvalue weighted by atomic mass is 10.2. The Morgan fingerprint density at radius 2 is 1.59 bits per heavy atom. The summed E-state index contributed by atoms with van der Waals surface area (Å²) in [6, 6.07) is 7.95. The van der Waals surface area contributed by atoms with Crippen molar-refractivity contribution in [2.24, 2.45) is 0 Å². The molecule has 0 spiro atoms. The van der Waals surface area contributed by atoms with Crippen LogP contribution in [0.15, 0.2) is 30.3 Å². The molecule has 0 aromatic heterocycles. The maximum atomic E-state index is 10.2. The number of hydrogen-bond acceptors (Lipinski definition) is 4. The molecule has 2 aromatic rings. The summed E-state index contributed by atoms with van der Waals surface area (Å²) in [5.41, 5.74) is 0.889. The molecule has 2 aromatic carbocycles. The van der Waals surface area contributed by atoms with E-state index in [2.05, 4.69) is 5.92 Å². The second kappa shape index (κ2) is 12.3. The van der Waals surface area contributed by atoms with Gasteiger partial charge in [0.15, 0.2) is 6.61 Å². The lowest BCUT2D eigenvalue weighted by Crippen LogP contribution is -2.09. The predicted octanol–water partition coefficient (Wildman–Crippen LogP) is 5.23. The molecule has 0 bridgehead atoms. The number of ether oxygens (including phenoxy) is 2. The van der Waals surface area contributed by atoms with Crippen LogP contribution in [0.3, 0.4) is 0 Å². The average Bonchev–Trinajstić information content (AvgIpc) is 2.62. The summed E-state index contributed by atoms with van der Waals surface area (Å²) in [4.78, 5) is 20.3. The van der Waals surface area contributed by atoms with Gasteiger partial charge in [0.1, 0.15) is 18.1 Å². The molecule has 2 rings (SSSR count). The van der Waals surface area contributed by atoms with E-state index in [4.69, 9.17) is 66.1 Å². The largest absolute Gasteiger partial charge is 0.481 e. The van der Waals surface area contributed by atoms with Crippen molar-refractivity contribution in [3.05, 3.63) is 56.0 Å². The zero-order valence-corrected chi connectivity index (χ0v) is 17.9. The third kappa shape index (κ3) is 9.64. The van der Waals surface area contributed by atoms with Gasteiger partial charge in [-0.3, -0.25) is 0 Å². The maximum Gasteiger partial charge on any atom is 0.382 e. The number of benzene rings is 2. The molecule has 0 aliphatic carbocycles. The maximum absolute atomic E-state index is 10.2. The van der Waals surface area contributed by atoms with Crippen LogP contribution in [-0.2, 0) is 9.59 Å². The standard InChI is InChI=1S/C11H9ClO3.C8H5Cl3O3/c1-8-7-9(12)4-5-10(8)15-6-2-3-11(13)14;9-4-1-6(11)7(2-5(4)10)14-3-8(12)13/h4-5,7H,6H2,1H3,(H,13,14);1-2H,3H2,(H,12,13). The number of rotatable bonds is 5. The number of carboxylic acids is 2. The molecule has 0 heterocycles. The molecule has 0 unspecified atom stereocenters. The smallest absolute Gasteiger partial charge is 0.382 e. The molecule has 0 aliphatic heterocycles. The Morgan fingerprint density at radius 3 is 2.17 bits per heavy atom. The lowest BCUT2D eigenvalue weighted by molar-refractivity contribution is -0.139. The van der Waals surface area contributed by atoms with Crippen molar-refractivity contribution in [3.63, 3.8) is 0 Å². The number of carbonyl (C=O) groups is 2. The van der Waals surface area contributed by atoms with Gasteiger partial charge in [-0.15, -0.1) is 0 Å². The fourth-order valence-corrected chi connectivity index (χ4v) is 2.57. The van der Waals surface area contributed by atoms with Crippen molar-refractivity contribution in [2.45, 2.75) is 6.92 Å². The van der Waals surface area contributed by atoms with E-state index in [1.807, 2.05) is 12.8 Å². The van der Waals surface area contributed by atoms with Crippen LogP contribution in [0.4, 0.5) is 0 Å². The molecular formula is C19H14Cl4O6. The fourth-order valence-electron chi connectivity index (χ4n) is 1.75. The highest BCUT2D eigenvalue weighted by atomic mass is 35.5. The van der Waals surface area contributed by atoms with Gasteiger partial charge < -0.3 is 19.7 Å². The van der Waals surface area contributed by atoms with Crippen molar-refractivity contribution in [3.8, 4) is 23.3 Å². The Balaban J connectivity index is 0.000000291. The van der Waals surface area contributed by atoms with Gasteiger partial charge in [0.2, 0.25) is 0 Å². The summed E-state index contributed by atoms with van der Waals surface area (Å²) in [7, 11) is 0. The number of halogens is 4. The minimum atomic E-state index is -1.16. The van der Waals surface area contributed by atoms with E-state index in [1.165, 1.54) is 12.1 Å². The molecule has 0 amide bonds. The van der Waals surface area contributed by atoms with E-state index >= 15 is 0 Å². The molecular weight excluding hydrogens is 466 g/mol. The van der Waals surface area contributed by atoms with Crippen LogP contribution >= 0.6 is 46.4 Å². The average molecular weight is 480 g/mol. The third-order valence-electron chi connectivity index (χ3n) is 2.96. The zero-order chi connectivity index (χ0) is 22.0. The number of aliphatic carboxylic acids is 2. The third-order valence-corrected chi connectivity index (χ3v) is 4.21. The van der Waals surface area contributed by atoms with Crippen LogP contribution in [-0.4, -0.2) is 35.4 Å². The first kappa shape index (κ1) is 24.7. The second-order valence-corrected chi connectivity index (χ2v) is 6.84. The number of carboxylic acid groups (broad SMARTS) is 2. The van der Waals surface area contributed by atoms with E-state index < -0.39 is 18.5 Å². The first-order valence-electron chi connectivity index (χ1n) is 7.70. The van der Waals surface area contributed by atoms with E-state index in [-0.39, 0.29) is 22.4 Å². The Kier molecular flexibility index (Phi) is 10.5. The topological polar surface area (TPSA) is 93.1 Å². The minimum Gasteiger partial charge on any atom is -0.481 e. The van der Waals surface area contributed by atoms with E-state index in [0.29, 0.717) is 15.8 Å². The summed E-state index contributed by atoms with van der Waals surface area (Å²) in [6.45, 7) is 1.43. The van der Waals surface area contributed by atoms with Crippen LogP contribution in [0.2, 0.25) is 20.1 Å².